The first kappa shape index (κ1) is 19.1. The molecule has 28 heavy (non-hydrogen) atoms. The lowest BCUT2D eigenvalue weighted by Crippen LogP contribution is -2.49. The lowest BCUT2D eigenvalue weighted by Gasteiger charge is -2.41. The van der Waals surface area contributed by atoms with Crippen LogP contribution >= 0.6 is 0 Å². The van der Waals surface area contributed by atoms with E-state index >= 15 is 0 Å². The predicted octanol–water partition coefficient (Wildman–Crippen LogP) is 1.80. The maximum absolute atomic E-state index is 12.5. The molecule has 0 aromatic carbocycles. The van der Waals surface area contributed by atoms with Gasteiger partial charge in [-0.15, -0.1) is 0 Å². The average Bonchev–Trinajstić information content (AvgIpc) is 3.26. The Morgan fingerprint density at radius 2 is 1.96 bits per heavy atom. The molecule has 0 atom stereocenters. The number of amides is 1. The fourth-order valence-corrected chi connectivity index (χ4v) is 4.40. The highest BCUT2D eigenvalue weighted by Crippen LogP contribution is 2.24. The third-order valence-corrected chi connectivity index (χ3v) is 6.09. The fourth-order valence-electron chi connectivity index (χ4n) is 4.40. The van der Waals surface area contributed by atoms with Crippen LogP contribution in [0.25, 0.3) is 0 Å². The molecule has 0 radical (unpaired) electrons. The largest absolute Gasteiger partial charge is 0.352 e. The maximum atomic E-state index is 12.5. The Bertz CT molecular complexity index is 719. The van der Waals surface area contributed by atoms with Crippen LogP contribution in [-0.4, -0.2) is 62.9 Å². The number of carbonyl (C=O) groups excluding carboxylic acids is 1. The van der Waals surface area contributed by atoms with Gasteiger partial charge in [0.2, 0.25) is 5.91 Å². The van der Waals surface area contributed by atoms with Gasteiger partial charge in [0.15, 0.2) is 0 Å². The van der Waals surface area contributed by atoms with Crippen molar-refractivity contribution < 1.29 is 4.79 Å². The summed E-state index contributed by atoms with van der Waals surface area (Å²) in [6.07, 6.45) is 11.6. The normalized spacial score (nSPS) is 20.3. The molecule has 7 nitrogen and oxygen atoms in total. The minimum Gasteiger partial charge on any atom is -0.352 e. The summed E-state index contributed by atoms with van der Waals surface area (Å²) in [5.74, 6) is 1.39. The van der Waals surface area contributed by atoms with Crippen LogP contribution in [0.15, 0.2) is 36.9 Å². The molecule has 2 saturated heterocycles. The molecule has 4 heterocycles. The molecule has 0 aliphatic carbocycles. The molecule has 2 aliphatic heterocycles. The summed E-state index contributed by atoms with van der Waals surface area (Å²) < 4.78 is 0. The molecule has 2 fully saturated rings. The van der Waals surface area contributed by atoms with Crippen molar-refractivity contribution in [2.45, 2.75) is 44.8 Å². The molecular weight excluding hydrogens is 352 g/mol. The van der Waals surface area contributed by atoms with E-state index in [1.807, 2.05) is 24.5 Å². The van der Waals surface area contributed by atoms with E-state index in [-0.39, 0.29) is 11.8 Å². The van der Waals surface area contributed by atoms with Crippen LogP contribution in [0.5, 0.6) is 0 Å². The van der Waals surface area contributed by atoms with E-state index in [4.69, 9.17) is 0 Å². The minimum absolute atomic E-state index is 0.145. The zero-order valence-electron chi connectivity index (χ0n) is 16.4. The average molecular weight is 383 g/mol. The number of hydrogen-bond donors (Lipinski definition) is 2. The van der Waals surface area contributed by atoms with E-state index in [0.29, 0.717) is 12.6 Å². The van der Waals surface area contributed by atoms with Crippen molar-refractivity contribution in [3.63, 3.8) is 0 Å². The second-order valence-electron chi connectivity index (χ2n) is 7.93. The Morgan fingerprint density at radius 1 is 1.14 bits per heavy atom. The quantitative estimate of drug-likeness (QED) is 0.797. The van der Waals surface area contributed by atoms with E-state index < -0.39 is 0 Å². The molecule has 0 bridgehead atoms. The molecule has 7 heteroatoms. The van der Waals surface area contributed by atoms with Crippen molar-refractivity contribution in [1.29, 1.82) is 0 Å². The number of pyridine rings is 1. The zero-order valence-corrected chi connectivity index (χ0v) is 16.4. The van der Waals surface area contributed by atoms with Crippen LogP contribution in [0.2, 0.25) is 0 Å². The first-order chi connectivity index (χ1) is 13.8. The van der Waals surface area contributed by atoms with Crippen molar-refractivity contribution in [1.82, 2.24) is 30.1 Å². The number of hydrogen-bond acceptors (Lipinski definition) is 5. The summed E-state index contributed by atoms with van der Waals surface area (Å²) in [5, 5.41) is 3.08. The van der Waals surface area contributed by atoms with Crippen LogP contribution in [0.3, 0.4) is 0 Å². The van der Waals surface area contributed by atoms with Gasteiger partial charge >= 0.3 is 0 Å². The lowest BCUT2D eigenvalue weighted by molar-refractivity contribution is -0.126. The molecule has 4 rings (SSSR count). The first-order valence-corrected chi connectivity index (χ1v) is 10.4. The highest BCUT2D eigenvalue weighted by atomic mass is 16.1. The van der Waals surface area contributed by atoms with Crippen LogP contribution < -0.4 is 5.32 Å². The Kier molecular flexibility index (Phi) is 6.34. The van der Waals surface area contributed by atoms with Gasteiger partial charge in [0.05, 0.1) is 6.54 Å². The standard InChI is InChI=1S/C21H30N6O/c28-21(25-15-17-2-1-7-22-14-17)18-3-12-27(13-4-18)19-5-10-26(11-6-19)16-20-23-8-9-24-20/h1-2,7-9,14,18-19H,3-6,10-13,15-16H2,(H,23,24)(H,25,28). The van der Waals surface area contributed by atoms with E-state index in [0.717, 1.165) is 57.0 Å². The van der Waals surface area contributed by atoms with Crippen molar-refractivity contribution in [3.05, 3.63) is 48.3 Å². The number of imidazole rings is 1. The molecule has 2 aromatic rings. The van der Waals surface area contributed by atoms with Crippen molar-refractivity contribution in [2.75, 3.05) is 26.2 Å². The highest BCUT2D eigenvalue weighted by molar-refractivity contribution is 5.78. The molecule has 1 amide bonds. The monoisotopic (exact) mass is 382 g/mol. The molecule has 2 aromatic heterocycles. The van der Waals surface area contributed by atoms with Crippen LogP contribution in [0, 0.1) is 5.92 Å². The fraction of sp³-hybridized carbons (Fsp3) is 0.571. The smallest absolute Gasteiger partial charge is 0.223 e. The van der Waals surface area contributed by atoms with Crippen LogP contribution in [0.4, 0.5) is 0 Å². The topological polar surface area (TPSA) is 77.2 Å². The number of rotatable bonds is 6. The second-order valence-corrected chi connectivity index (χ2v) is 7.93. The number of aromatic amines is 1. The molecular formula is C21H30N6O. The minimum atomic E-state index is 0.145. The Balaban J connectivity index is 1.17. The van der Waals surface area contributed by atoms with E-state index in [1.54, 1.807) is 12.4 Å². The Hall–Kier alpha value is -2.25. The van der Waals surface area contributed by atoms with E-state index in [1.165, 1.54) is 12.8 Å². The highest BCUT2D eigenvalue weighted by Gasteiger charge is 2.30. The van der Waals surface area contributed by atoms with Crippen LogP contribution in [-0.2, 0) is 17.9 Å². The maximum Gasteiger partial charge on any atom is 0.223 e. The van der Waals surface area contributed by atoms with Crippen molar-refractivity contribution in [2.24, 2.45) is 5.92 Å². The van der Waals surface area contributed by atoms with Crippen LogP contribution in [0.1, 0.15) is 37.1 Å². The van der Waals surface area contributed by atoms with Gasteiger partial charge in [-0.05, 0) is 50.4 Å². The third kappa shape index (κ3) is 4.97. The number of aromatic nitrogens is 3. The van der Waals surface area contributed by atoms with Gasteiger partial charge in [-0.25, -0.2) is 4.98 Å². The van der Waals surface area contributed by atoms with Crippen molar-refractivity contribution in [3.8, 4) is 0 Å². The van der Waals surface area contributed by atoms with Gasteiger partial charge in [0, 0.05) is 56.4 Å². The molecule has 0 saturated carbocycles. The lowest BCUT2D eigenvalue weighted by atomic mass is 9.92. The molecule has 2 aliphatic rings. The van der Waals surface area contributed by atoms with Gasteiger partial charge in [-0.1, -0.05) is 6.07 Å². The number of likely N-dealkylation sites (tertiary alicyclic amines) is 2. The summed E-state index contributed by atoms with van der Waals surface area (Å²) in [5.41, 5.74) is 1.05. The van der Waals surface area contributed by atoms with Gasteiger partial charge in [0.1, 0.15) is 5.82 Å². The Labute approximate surface area is 166 Å². The van der Waals surface area contributed by atoms with Gasteiger partial charge in [-0.3, -0.25) is 14.7 Å². The number of carbonyl (C=O) groups is 1. The predicted molar refractivity (Wildman–Crippen MR) is 107 cm³/mol. The van der Waals surface area contributed by atoms with Gasteiger partial charge < -0.3 is 15.2 Å². The summed E-state index contributed by atoms with van der Waals surface area (Å²) in [6, 6.07) is 4.56. The Morgan fingerprint density at radius 3 is 2.64 bits per heavy atom. The van der Waals surface area contributed by atoms with E-state index in [9.17, 15) is 4.79 Å². The number of piperidine rings is 2. The molecule has 0 unspecified atom stereocenters. The molecule has 150 valence electrons. The summed E-state index contributed by atoms with van der Waals surface area (Å²) in [7, 11) is 0. The summed E-state index contributed by atoms with van der Waals surface area (Å²) >= 11 is 0. The third-order valence-electron chi connectivity index (χ3n) is 6.09. The van der Waals surface area contributed by atoms with Crippen molar-refractivity contribution >= 4 is 5.91 Å². The first-order valence-electron chi connectivity index (χ1n) is 10.4. The molecule has 2 N–H and O–H groups in total. The number of nitrogens with one attached hydrogen (secondary N) is 2. The number of H-pyrrole nitrogens is 1. The number of nitrogens with zero attached hydrogens (tertiary/aromatic N) is 4. The second kappa shape index (κ2) is 9.30. The molecule has 0 spiro atoms. The van der Waals surface area contributed by atoms with Gasteiger partial charge in [-0.2, -0.15) is 0 Å². The summed E-state index contributed by atoms with van der Waals surface area (Å²) in [6.45, 7) is 5.80. The van der Waals surface area contributed by atoms with E-state index in [2.05, 4.69) is 30.1 Å². The summed E-state index contributed by atoms with van der Waals surface area (Å²) in [4.78, 5) is 29.2. The van der Waals surface area contributed by atoms with Gasteiger partial charge in [0.25, 0.3) is 0 Å². The zero-order chi connectivity index (χ0) is 19.2. The SMILES string of the molecule is O=C(NCc1cccnc1)C1CCN(C2CCN(Cc3ncc[nH]3)CC2)CC1.